The molecular formula is C2H9ClN2O3. The molecule has 0 aromatic rings. The van der Waals surface area contributed by atoms with Crippen LogP contribution < -0.4 is 10.9 Å². The molecule has 0 amide bonds. The Bertz CT molecular complexity index is 53.7. The molecular weight excluding hydrogens is 135 g/mol. The lowest BCUT2D eigenvalue weighted by Gasteiger charge is -2.12. The van der Waals surface area contributed by atoms with Crippen LogP contribution in [0, 0.1) is 0 Å². The van der Waals surface area contributed by atoms with Crippen LogP contribution in [0.25, 0.3) is 0 Å². The summed E-state index contributed by atoms with van der Waals surface area (Å²) in [5, 5.41) is 23.9. The Labute approximate surface area is 52.7 Å². The molecule has 0 heterocycles. The van der Waals surface area contributed by atoms with Gasteiger partial charge in [0.25, 0.3) is 0 Å². The van der Waals surface area contributed by atoms with Crippen molar-refractivity contribution < 1.29 is 15.3 Å². The van der Waals surface area contributed by atoms with Crippen molar-refractivity contribution in [2.75, 3.05) is 7.05 Å². The predicted octanol–water partition coefficient (Wildman–Crippen LogP) is -2.28. The van der Waals surface area contributed by atoms with Gasteiger partial charge in [0.05, 0.1) is 0 Å². The van der Waals surface area contributed by atoms with E-state index in [1.54, 1.807) is 5.43 Å². The van der Waals surface area contributed by atoms with Crippen LogP contribution in [-0.2, 0) is 0 Å². The maximum Gasteiger partial charge on any atom is 0.356 e. The predicted molar refractivity (Wildman–Crippen MR) is 28.8 cm³/mol. The lowest BCUT2D eigenvalue weighted by atomic mass is 11.0. The summed E-state index contributed by atoms with van der Waals surface area (Å²) in [4.78, 5) is 0. The van der Waals surface area contributed by atoms with Gasteiger partial charge in [0.2, 0.25) is 0 Å². The molecule has 5 nitrogen and oxygen atoms in total. The molecule has 0 spiro atoms. The number of hydrogen-bond donors (Lipinski definition) is 5. The van der Waals surface area contributed by atoms with Gasteiger partial charge >= 0.3 is 6.10 Å². The second-order valence-corrected chi connectivity index (χ2v) is 1.01. The number of halogens is 1. The standard InChI is InChI=1S/C2H8N2O3.ClH/c1-3-4-2(5,6)7;/h3-7H,1H3;1H. The highest BCUT2D eigenvalue weighted by Gasteiger charge is 2.14. The average molecular weight is 145 g/mol. The Morgan fingerprint density at radius 2 is 1.62 bits per heavy atom. The van der Waals surface area contributed by atoms with E-state index in [0.717, 1.165) is 0 Å². The van der Waals surface area contributed by atoms with Gasteiger partial charge in [0.15, 0.2) is 0 Å². The zero-order valence-electron chi connectivity index (χ0n) is 4.25. The van der Waals surface area contributed by atoms with Crippen LogP contribution in [0.3, 0.4) is 0 Å². The fourth-order valence-electron chi connectivity index (χ4n) is 0.168. The van der Waals surface area contributed by atoms with Gasteiger partial charge in [-0.15, -0.1) is 12.4 Å². The van der Waals surface area contributed by atoms with E-state index in [1.165, 1.54) is 7.05 Å². The highest BCUT2D eigenvalue weighted by atomic mass is 35.5. The summed E-state index contributed by atoms with van der Waals surface area (Å²) in [5.74, 6) is 0. The van der Waals surface area contributed by atoms with Crippen molar-refractivity contribution in [2.45, 2.75) is 6.10 Å². The first-order valence-corrected chi connectivity index (χ1v) is 1.67. The van der Waals surface area contributed by atoms with Gasteiger partial charge in [-0.2, -0.15) is 5.43 Å². The number of nitrogens with one attached hydrogen (secondary N) is 2. The monoisotopic (exact) mass is 144 g/mol. The van der Waals surface area contributed by atoms with E-state index < -0.39 is 6.10 Å². The maximum absolute atomic E-state index is 7.96. The van der Waals surface area contributed by atoms with E-state index >= 15 is 0 Å². The Morgan fingerprint density at radius 1 is 1.25 bits per heavy atom. The van der Waals surface area contributed by atoms with Crippen molar-refractivity contribution in [3.63, 3.8) is 0 Å². The molecule has 5 N–H and O–H groups in total. The quantitative estimate of drug-likeness (QED) is 0.223. The third kappa shape index (κ3) is 9.43. The maximum atomic E-state index is 7.96. The molecule has 0 saturated heterocycles. The van der Waals surface area contributed by atoms with Crippen LogP contribution in [0.1, 0.15) is 0 Å². The van der Waals surface area contributed by atoms with Crippen LogP contribution in [0.4, 0.5) is 0 Å². The Morgan fingerprint density at radius 3 is 1.62 bits per heavy atom. The highest BCUT2D eigenvalue weighted by Crippen LogP contribution is 1.77. The number of hydrazine groups is 1. The summed E-state index contributed by atoms with van der Waals surface area (Å²) in [6, 6.07) is 0. The van der Waals surface area contributed by atoms with Gasteiger partial charge in [0.1, 0.15) is 0 Å². The van der Waals surface area contributed by atoms with Crippen molar-refractivity contribution in [3.8, 4) is 0 Å². The second kappa shape index (κ2) is 4.02. The molecule has 0 aromatic heterocycles. The fourth-order valence-corrected chi connectivity index (χ4v) is 0.168. The van der Waals surface area contributed by atoms with E-state index in [1.807, 2.05) is 0 Å². The highest BCUT2D eigenvalue weighted by molar-refractivity contribution is 5.85. The fraction of sp³-hybridized carbons (Fsp3) is 1.00. The first-order valence-electron chi connectivity index (χ1n) is 1.67. The third-order valence-electron chi connectivity index (χ3n) is 0.293. The average Bonchev–Trinajstić information content (AvgIpc) is 1.30. The third-order valence-corrected chi connectivity index (χ3v) is 0.293. The van der Waals surface area contributed by atoms with Crippen LogP contribution in [0.2, 0.25) is 0 Å². The van der Waals surface area contributed by atoms with E-state index in [4.69, 9.17) is 15.3 Å². The molecule has 0 fully saturated rings. The molecule has 6 heteroatoms. The summed E-state index contributed by atoms with van der Waals surface area (Å²) < 4.78 is 0. The SMILES string of the molecule is CNNC(O)(O)O.Cl. The van der Waals surface area contributed by atoms with E-state index in [9.17, 15) is 0 Å². The normalized spacial score (nSPS) is 10.5. The summed E-state index contributed by atoms with van der Waals surface area (Å²) in [6.07, 6.45) is -2.81. The molecule has 0 atom stereocenters. The van der Waals surface area contributed by atoms with Crippen molar-refractivity contribution in [1.82, 2.24) is 10.9 Å². The Kier molecular flexibility index (Phi) is 5.51. The largest absolute Gasteiger partial charge is 0.356 e. The van der Waals surface area contributed by atoms with Gasteiger partial charge in [-0.3, -0.25) is 5.43 Å². The summed E-state index contributed by atoms with van der Waals surface area (Å²) in [5.41, 5.74) is 3.81. The van der Waals surface area contributed by atoms with Crippen molar-refractivity contribution >= 4 is 12.4 Å². The van der Waals surface area contributed by atoms with Crippen LogP contribution in [-0.4, -0.2) is 28.5 Å². The van der Waals surface area contributed by atoms with Crippen molar-refractivity contribution in [2.24, 2.45) is 0 Å². The molecule has 0 unspecified atom stereocenters. The van der Waals surface area contributed by atoms with Gasteiger partial charge in [0, 0.05) is 0 Å². The first kappa shape index (κ1) is 11.0. The molecule has 0 aliphatic carbocycles. The molecule has 8 heavy (non-hydrogen) atoms. The molecule has 0 rings (SSSR count). The molecule has 0 bridgehead atoms. The summed E-state index contributed by atoms with van der Waals surface area (Å²) in [7, 11) is 1.39. The molecule has 0 saturated carbocycles. The van der Waals surface area contributed by atoms with E-state index in [0.29, 0.717) is 0 Å². The lowest BCUT2D eigenvalue weighted by Crippen LogP contribution is -2.50. The van der Waals surface area contributed by atoms with E-state index in [-0.39, 0.29) is 12.4 Å². The molecule has 0 radical (unpaired) electrons. The number of rotatable bonds is 2. The molecule has 52 valence electrons. The van der Waals surface area contributed by atoms with Crippen LogP contribution in [0.5, 0.6) is 0 Å². The van der Waals surface area contributed by atoms with Gasteiger partial charge in [-0.1, -0.05) is 0 Å². The lowest BCUT2D eigenvalue weighted by molar-refractivity contribution is -0.336. The Hall–Kier alpha value is 0.0900. The minimum atomic E-state index is -2.81. The number of aliphatic hydroxyl groups is 3. The minimum Gasteiger partial charge on any atom is -0.329 e. The Balaban J connectivity index is 0. The smallest absolute Gasteiger partial charge is 0.329 e. The minimum absolute atomic E-state index is 0. The molecule has 0 aromatic carbocycles. The zero-order chi connectivity index (χ0) is 5.91. The summed E-state index contributed by atoms with van der Waals surface area (Å²) in [6.45, 7) is 0. The zero-order valence-corrected chi connectivity index (χ0v) is 5.07. The topological polar surface area (TPSA) is 84.8 Å². The van der Waals surface area contributed by atoms with Crippen molar-refractivity contribution in [1.29, 1.82) is 0 Å². The summed E-state index contributed by atoms with van der Waals surface area (Å²) >= 11 is 0. The molecule has 0 aliphatic rings. The van der Waals surface area contributed by atoms with Crippen molar-refractivity contribution in [3.05, 3.63) is 0 Å². The van der Waals surface area contributed by atoms with Gasteiger partial charge < -0.3 is 15.3 Å². The van der Waals surface area contributed by atoms with E-state index in [2.05, 4.69) is 5.43 Å². The van der Waals surface area contributed by atoms with Crippen LogP contribution in [0.15, 0.2) is 0 Å². The van der Waals surface area contributed by atoms with Crippen LogP contribution >= 0.6 is 12.4 Å². The molecule has 0 aliphatic heterocycles. The van der Waals surface area contributed by atoms with Gasteiger partial charge in [-0.25, -0.2) is 0 Å². The van der Waals surface area contributed by atoms with Gasteiger partial charge in [-0.05, 0) is 7.05 Å². The number of hydrogen-bond acceptors (Lipinski definition) is 5. The second-order valence-electron chi connectivity index (χ2n) is 1.01. The first-order chi connectivity index (χ1) is 3.06.